The minimum absolute atomic E-state index is 0.0261. The van der Waals surface area contributed by atoms with Gasteiger partial charge in [0.1, 0.15) is 18.1 Å². The lowest BCUT2D eigenvalue weighted by molar-refractivity contribution is 0.0445. The molecule has 0 aliphatic heterocycles. The molecule has 2 aromatic carbocycles. The van der Waals surface area contributed by atoms with Crippen molar-refractivity contribution in [1.82, 2.24) is 0 Å². The lowest BCUT2D eigenvalue weighted by Crippen LogP contribution is -2.05. The predicted octanol–water partition coefficient (Wildman–Crippen LogP) is 6.37. The number of esters is 1. The zero-order valence-corrected chi connectivity index (χ0v) is 15.4. The zero-order valence-electron chi connectivity index (χ0n) is 12.3. The molecule has 6 heteroatoms. The third-order valence-corrected chi connectivity index (χ3v) is 4.83. The molecule has 3 nitrogen and oxygen atoms in total. The SMILES string of the molecule is O=C(OCc1ccc(-c2cccc(Cl)c2Cl)o1)c1ccccc1Br. The molecule has 0 unspecified atom stereocenters. The molecule has 1 heterocycles. The summed E-state index contributed by atoms with van der Waals surface area (Å²) in [6, 6.07) is 15.9. The van der Waals surface area contributed by atoms with Gasteiger partial charge in [-0.2, -0.15) is 0 Å². The molecule has 3 aromatic rings. The highest BCUT2D eigenvalue weighted by Gasteiger charge is 2.14. The molecule has 0 aliphatic carbocycles. The second kappa shape index (κ2) is 7.43. The Morgan fingerprint density at radius 2 is 1.83 bits per heavy atom. The second-order valence-corrected chi connectivity index (χ2v) is 6.56. The van der Waals surface area contributed by atoms with E-state index in [0.29, 0.717) is 37.2 Å². The van der Waals surface area contributed by atoms with Gasteiger partial charge >= 0.3 is 5.97 Å². The molecule has 0 amide bonds. The Morgan fingerprint density at radius 1 is 1.04 bits per heavy atom. The Morgan fingerprint density at radius 3 is 2.62 bits per heavy atom. The summed E-state index contributed by atoms with van der Waals surface area (Å²) in [6.07, 6.45) is 0. The normalized spacial score (nSPS) is 10.6. The van der Waals surface area contributed by atoms with Gasteiger partial charge in [-0.15, -0.1) is 0 Å². The van der Waals surface area contributed by atoms with Crippen molar-refractivity contribution in [3.8, 4) is 11.3 Å². The van der Waals surface area contributed by atoms with Crippen LogP contribution >= 0.6 is 39.1 Å². The summed E-state index contributed by atoms with van der Waals surface area (Å²) in [4.78, 5) is 12.1. The van der Waals surface area contributed by atoms with Gasteiger partial charge in [0.15, 0.2) is 0 Å². The van der Waals surface area contributed by atoms with Crippen LogP contribution in [0.5, 0.6) is 0 Å². The molecule has 0 saturated carbocycles. The van der Waals surface area contributed by atoms with Crippen LogP contribution in [0, 0.1) is 0 Å². The quantitative estimate of drug-likeness (QED) is 0.455. The van der Waals surface area contributed by atoms with Crippen molar-refractivity contribution in [1.29, 1.82) is 0 Å². The van der Waals surface area contributed by atoms with Gasteiger partial charge in [-0.05, 0) is 52.3 Å². The molecule has 0 fully saturated rings. The van der Waals surface area contributed by atoms with Crippen molar-refractivity contribution >= 4 is 45.1 Å². The molecule has 0 atom stereocenters. The highest BCUT2D eigenvalue weighted by molar-refractivity contribution is 9.10. The van der Waals surface area contributed by atoms with Crippen molar-refractivity contribution in [2.75, 3.05) is 0 Å². The number of carbonyl (C=O) groups excluding carboxylic acids is 1. The number of ether oxygens (including phenoxy) is 1. The van der Waals surface area contributed by atoms with Gasteiger partial charge in [0, 0.05) is 10.0 Å². The largest absolute Gasteiger partial charge is 0.457 e. The van der Waals surface area contributed by atoms with Crippen molar-refractivity contribution in [3.63, 3.8) is 0 Å². The summed E-state index contributed by atoms with van der Waals surface area (Å²) < 4.78 is 11.6. The number of halogens is 3. The smallest absolute Gasteiger partial charge is 0.339 e. The van der Waals surface area contributed by atoms with Crippen LogP contribution in [0.4, 0.5) is 0 Å². The molecule has 0 saturated heterocycles. The van der Waals surface area contributed by atoms with Crippen LogP contribution in [0.1, 0.15) is 16.1 Å². The van der Waals surface area contributed by atoms with Crippen LogP contribution in [0.2, 0.25) is 10.0 Å². The van der Waals surface area contributed by atoms with Gasteiger partial charge in [0.05, 0.1) is 15.6 Å². The fraction of sp³-hybridized carbons (Fsp3) is 0.0556. The lowest BCUT2D eigenvalue weighted by atomic mass is 10.2. The Hall–Kier alpha value is -1.75. The highest BCUT2D eigenvalue weighted by atomic mass is 79.9. The van der Waals surface area contributed by atoms with E-state index in [1.54, 1.807) is 42.5 Å². The van der Waals surface area contributed by atoms with Crippen LogP contribution in [-0.2, 0) is 11.3 Å². The van der Waals surface area contributed by atoms with Gasteiger partial charge in [0.2, 0.25) is 0 Å². The second-order valence-electron chi connectivity index (χ2n) is 4.92. The van der Waals surface area contributed by atoms with Crippen molar-refractivity contribution in [2.45, 2.75) is 6.61 Å². The third-order valence-electron chi connectivity index (χ3n) is 3.32. The summed E-state index contributed by atoms with van der Waals surface area (Å²) in [6.45, 7) is 0.0261. The molecule has 0 radical (unpaired) electrons. The van der Waals surface area contributed by atoms with E-state index in [-0.39, 0.29) is 6.61 Å². The molecule has 1 aromatic heterocycles. The fourth-order valence-corrected chi connectivity index (χ4v) is 2.98. The first kappa shape index (κ1) is 17.1. The third kappa shape index (κ3) is 3.66. The Kier molecular flexibility index (Phi) is 5.29. The van der Waals surface area contributed by atoms with Gasteiger partial charge in [-0.1, -0.05) is 41.4 Å². The summed E-state index contributed by atoms with van der Waals surface area (Å²) in [5, 5.41) is 0.873. The maximum Gasteiger partial charge on any atom is 0.339 e. The van der Waals surface area contributed by atoms with Crippen molar-refractivity contribution in [3.05, 3.63) is 80.4 Å². The standard InChI is InChI=1S/C18H11BrCl2O3/c19-14-6-2-1-4-12(14)18(22)23-10-11-8-9-16(24-11)13-5-3-7-15(20)17(13)21/h1-9H,10H2. The summed E-state index contributed by atoms with van der Waals surface area (Å²) in [5.41, 5.74) is 1.15. The monoisotopic (exact) mass is 424 g/mol. The van der Waals surface area contributed by atoms with E-state index >= 15 is 0 Å². The Bertz CT molecular complexity index is 889. The maximum absolute atomic E-state index is 12.1. The van der Waals surface area contributed by atoms with Crippen LogP contribution < -0.4 is 0 Å². The molecule has 3 rings (SSSR count). The number of hydrogen-bond donors (Lipinski definition) is 0. The van der Waals surface area contributed by atoms with Crippen molar-refractivity contribution < 1.29 is 13.9 Å². The van der Waals surface area contributed by atoms with Crippen LogP contribution in [-0.4, -0.2) is 5.97 Å². The molecular weight excluding hydrogens is 415 g/mol. The molecule has 0 aliphatic rings. The van der Waals surface area contributed by atoms with E-state index in [1.165, 1.54) is 0 Å². The van der Waals surface area contributed by atoms with Gasteiger partial charge < -0.3 is 9.15 Å². The maximum atomic E-state index is 12.1. The van der Waals surface area contributed by atoms with Gasteiger partial charge in [0.25, 0.3) is 0 Å². The van der Waals surface area contributed by atoms with Crippen LogP contribution in [0.3, 0.4) is 0 Å². The molecule has 0 bridgehead atoms. The first-order valence-electron chi connectivity index (χ1n) is 7.01. The number of carbonyl (C=O) groups is 1. The number of furan rings is 1. The first-order valence-corrected chi connectivity index (χ1v) is 8.56. The van der Waals surface area contributed by atoms with Gasteiger partial charge in [-0.25, -0.2) is 4.79 Å². The average molecular weight is 426 g/mol. The minimum atomic E-state index is -0.429. The first-order chi connectivity index (χ1) is 11.6. The highest BCUT2D eigenvalue weighted by Crippen LogP contribution is 2.34. The fourth-order valence-electron chi connectivity index (χ4n) is 2.14. The van der Waals surface area contributed by atoms with E-state index in [4.69, 9.17) is 32.4 Å². The molecule has 122 valence electrons. The zero-order chi connectivity index (χ0) is 17.1. The number of benzene rings is 2. The number of rotatable bonds is 4. The van der Waals surface area contributed by atoms with Crippen LogP contribution in [0.15, 0.2) is 63.5 Å². The van der Waals surface area contributed by atoms with Crippen molar-refractivity contribution in [2.24, 2.45) is 0 Å². The average Bonchev–Trinajstić information content (AvgIpc) is 3.04. The Balaban J connectivity index is 1.72. The van der Waals surface area contributed by atoms with Crippen LogP contribution in [0.25, 0.3) is 11.3 Å². The van der Waals surface area contributed by atoms with E-state index < -0.39 is 5.97 Å². The minimum Gasteiger partial charge on any atom is -0.457 e. The number of hydrogen-bond acceptors (Lipinski definition) is 3. The summed E-state index contributed by atoms with van der Waals surface area (Å²) >= 11 is 15.5. The summed E-state index contributed by atoms with van der Waals surface area (Å²) in [5.74, 6) is 0.650. The van der Waals surface area contributed by atoms with Gasteiger partial charge in [-0.3, -0.25) is 0 Å². The topological polar surface area (TPSA) is 39.4 Å². The predicted molar refractivity (Wildman–Crippen MR) is 97.4 cm³/mol. The molecule has 0 spiro atoms. The van der Waals surface area contributed by atoms with E-state index in [2.05, 4.69) is 15.9 Å². The molecular formula is C18H11BrCl2O3. The Labute approximate surface area is 157 Å². The molecule has 0 N–H and O–H groups in total. The van der Waals surface area contributed by atoms with E-state index in [0.717, 1.165) is 0 Å². The lowest BCUT2D eigenvalue weighted by Gasteiger charge is -2.05. The van der Waals surface area contributed by atoms with E-state index in [1.807, 2.05) is 12.1 Å². The molecule has 24 heavy (non-hydrogen) atoms. The van der Waals surface area contributed by atoms with E-state index in [9.17, 15) is 4.79 Å². The summed E-state index contributed by atoms with van der Waals surface area (Å²) in [7, 11) is 0.